The Morgan fingerprint density at radius 2 is 1.43 bits per heavy atom. The van der Waals surface area contributed by atoms with Crippen LogP contribution >= 0.6 is 11.6 Å². The van der Waals surface area contributed by atoms with Gasteiger partial charge in [0.25, 0.3) is 5.91 Å². The molecule has 2 N–H and O–H groups in total. The van der Waals surface area contributed by atoms with Gasteiger partial charge < -0.3 is 20.1 Å². The molecular weight excluding hydrogens is 376 g/mol. The van der Waals surface area contributed by atoms with E-state index in [2.05, 4.69) is 10.6 Å². The third kappa shape index (κ3) is 4.75. The number of carbonyl (C=O) groups is 1. The third-order valence-electron chi connectivity index (χ3n) is 4.21. The summed E-state index contributed by atoms with van der Waals surface area (Å²) in [5.41, 5.74) is 3.11. The second-order valence-corrected chi connectivity index (χ2v) is 6.49. The Balaban J connectivity index is 1.66. The Labute approximate surface area is 169 Å². The van der Waals surface area contributed by atoms with Crippen molar-refractivity contribution >= 4 is 28.9 Å². The number of amides is 1. The minimum Gasteiger partial charge on any atom is -0.496 e. The highest BCUT2D eigenvalue weighted by molar-refractivity contribution is 6.30. The van der Waals surface area contributed by atoms with Crippen molar-refractivity contribution < 1.29 is 14.3 Å². The maximum Gasteiger partial charge on any atom is 0.263 e. The van der Waals surface area contributed by atoms with Gasteiger partial charge in [-0.2, -0.15) is 0 Å². The van der Waals surface area contributed by atoms with Crippen molar-refractivity contribution in [2.75, 3.05) is 24.9 Å². The van der Waals surface area contributed by atoms with Crippen LogP contribution in [0.2, 0.25) is 5.02 Å². The molecule has 6 heteroatoms. The van der Waals surface area contributed by atoms with Crippen LogP contribution in [-0.4, -0.2) is 20.1 Å². The zero-order valence-electron chi connectivity index (χ0n) is 15.7. The van der Waals surface area contributed by atoms with Crippen LogP contribution in [0.4, 0.5) is 11.4 Å². The molecule has 0 unspecified atom stereocenters. The molecule has 0 aliphatic heterocycles. The Morgan fingerprint density at radius 3 is 2.00 bits per heavy atom. The van der Waals surface area contributed by atoms with E-state index >= 15 is 0 Å². The van der Waals surface area contributed by atoms with Gasteiger partial charge in [-0.15, -0.1) is 0 Å². The Kier molecular flexibility index (Phi) is 6.40. The van der Waals surface area contributed by atoms with Gasteiger partial charge in [-0.1, -0.05) is 29.8 Å². The highest BCUT2D eigenvalue weighted by Crippen LogP contribution is 2.29. The summed E-state index contributed by atoms with van der Waals surface area (Å²) in [5, 5.41) is 6.92. The van der Waals surface area contributed by atoms with Crippen molar-refractivity contribution in [2.45, 2.75) is 6.54 Å². The van der Waals surface area contributed by atoms with Crippen molar-refractivity contribution in [3.05, 3.63) is 82.9 Å². The fourth-order valence-corrected chi connectivity index (χ4v) is 2.87. The van der Waals surface area contributed by atoms with E-state index in [9.17, 15) is 4.79 Å². The second kappa shape index (κ2) is 9.15. The second-order valence-electron chi connectivity index (χ2n) is 6.05. The lowest BCUT2D eigenvalue weighted by Crippen LogP contribution is -2.14. The van der Waals surface area contributed by atoms with Gasteiger partial charge in [0.2, 0.25) is 0 Å². The fraction of sp³-hybridized carbons (Fsp3) is 0.136. The summed E-state index contributed by atoms with van der Waals surface area (Å²) in [6.07, 6.45) is 0. The smallest absolute Gasteiger partial charge is 0.263 e. The average molecular weight is 397 g/mol. The van der Waals surface area contributed by atoms with E-state index in [1.807, 2.05) is 48.5 Å². The maximum absolute atomic E-state index is 12.7. The number of nitrogens with one attached hydrogen (secondary N) is 2. The first-order chi connectivity index (χ1) is 13.6. The fourth-order valence-electron chi connectivity index (χ4n) is 2.75. The molecule has 0 aliphatic carbocycles. The van der Waals surface area contributed by atoms with E-state index in [0.717, 1.165) is 16.3 Å². The van der Waals surface area contributed by atoms with E-state index in [1.165, 1.54) is 14.2 Å². The van der Waals surface area contributed by atoms with Crippen molar-refractivity contribution in [1.82, 2.24) is 0 Å². The van der Waals surface area contributed by atoms with E-state index in [1.54, 1.807) is 18.2 Å². The summed E-state index contributed by atoms with van der Waals surface area (Å²) in [5.74, 6) is 0.618. The number of carbonyl (C=O) groups excluding carboxylic acids is 1. The number of rotatable bonds is 7. The largest absolute Gasteiger partial charge is 0.496 e. The molecule has 0 spiro atoms. The lowest BCUT2D eigenvalue weighted by Gasteiger charge is -2.13. The normalized spacial score (nSPS) is 10.2. The van der Waals surface area contributed by atoms with E-state index < -0.39 is 0 Å². The summed E-state index contributed by atoms with van der Waals surface area (Å²) in [4.78, 5) is 12.7. The molecule has 0 aliphatic rings. The Bertz CT molecular complexity index is 919. The van der Waals surface area contributed by atoms with Crippen LogP contribution < -0.4 is 20.1 Å². The molecule has 3 aromatic rings. The van der Waals surface area contributed by atoms with E-state index in [4.69, 9.17) is 21.1 Å². The molecule has 0 fully saturated rings. The lowest BCUT2D eigenvalue weighted by molar-refractivity contribution is 0.102. The molecule has 1 amide bonds. The first-order valence-corrected chi connectivity index (χ1v) is 9.09. The molecular formula is C22H21ClN2O3. The van der Waals surface area contributed by atoms with Crippen LogP contribution in [0.3, 0.4) is 0 Å². The van der Waals surface area contributed by atoms with Crippen molar-refractivity contribution in [3.63, 3.8) is 0 Å². The van der Waals surface area contributed by atoms with Crippen molar-refractivity contribution in [2.24, 2.45) is 0 Å². The average Bonchev–Trinajstić information content (AvgIpc) is 2.73. The first kappa shape index (κ1) is 19.6. The lowest BCUT2D eigenvalue weighted by atomic mass is 10.1. The summed E-state index contributed by atoms with van der Waals surface area (Å²) in [7, 11) is 3.04. The first-order valence-electron chi connectivity index (χ1n) is 8.71. The molecule has 3 aromatic carbocycles. The molecule has 0 radical (unpaired) electrons. The number of hydrogen-bond donors (Lipinski definition) is 2. The van der Waals surface area contributed by atoms with Crippen molar-refractivity contribution in [1.29, 1.82) is 0 Å². The highest BCUT2D eigenvalue weighted by Gasteiger charge is 2.18. The number of methoxy groups -OCH3 is 2. The predicted octanol–water partition coefficient (Wildman–Crippen LogP) is 5.22. The van der Waals surface area contributed by atoms with Crippen LogP contribution in [-0.2, 0) is 6.54 Å². The number of ether oxygens (including phenoxy) is 2. The number of benzene rings is 3. The Hall–Kier alpha value is -3.18. The molecule has 0 heterocycles. The molecule has 144 valence electrons. The van der Waals surface area contributed by atoms with Gasteiger partial charge in [-0.25, -0.2) is 0 Å². The number of hydrogen-bond acceptors (Lipinski definition) is 4. The van der Waals surface area contributed by atoms with Crippen LogP contribution in [0.1, 0.15) is 15.9 Å². The SMILES string of the molecule is COc1cccc(OC)c1C(=O)Nc1ccc(NCc2ccc(Cl)cc2)cc1. The molecule has 0 bridgehead atoms. The zero-order chi connectivity index (χ0) is 19.9. The van der Waals surface area contributed by atoms with E-state index in [0.29, 0.717) is 29.3 Å². The maximum atomic E-state index is 12.7. The van der Waals surface area contributed by atoms with Crippen LogP contribution in [0.5, 0.6) is 11.5 Å². The van der Waals surface area contributed by atoms with Gasteiger partial charge in [0.1, 0.15) is 17.1 Å². The molecule has 0 saturated carbocycles. The van der Waals surface area contributed by atoms with Gasteiger partial charge in [-0.3, -0.25) is 4.79 Å². The van der Waals surface area contributed by atoms with Gasteiger partial charge >= 0.3 is 0 Å². The predicted molar refractivity (Wildman–Crippen MR) is 113 cm³/mol. The van der Waals surface area contributed by atoms with Crippen LogP contribution in [0.15, 0.2) is 66.7 Å². The number of anilines is 2. The van der Waals surface area contributed by atoms with Gasteiger partial charge in [0.15, 0.2) is 0 Å². The molecule has 0 atom stereocenters. The summed E-state index contributed by atoms with van der Waals surface area (Å²) in [6, 6.07) is 20.4. The minimum absolute atomic E-state index is 0.295. The molecule has 0 saturated heterocycles. The third-order valence-corrected chi connectivity index (χ3v) is 4.46. The minimum atomic E-state index is -0.295. The zero-order valence-corrected chi connectivity index (χ0v) is 16.4. The topological polar surface area (TPSA) is 59.6 Å². The van der Waals surface area contributed by atoms with Gasteiger partial charge in [-0.05, 0) is 54.1 Å². The van der Waals surface area contributed by atoms with Gasteiger partial charge in [0.05, 0.1) is 14.2 Å². The van der Waals surface area contributed by atoms with Crippen LogP contribution in [0.25, 0.3) is 0 Å². The highest BCUT2D eigenvalue weighted by atomic mass is 35.5. The Morgan fingerprint density at radius 1 is 0.857 bits per heavy atom. The summed E-state index contributed by atoms with van der Waals surface area (Å²) in [6.45, 7) is 0.682. The molecule has 28 heavy (non-hydrogen) atoms. The van der Waals surface area contributed by atoms with E-state index in [-0.39, 0.29) is 5.91 Å². The summed E-state index contributed by atoms with van der Waals surface area (Å²) < 4.78 is 10.6. The monoisotopic (exact) mass is 396 g/mol. The molecule has 5 nitrogen and oxygen atoms in total. The quantitative estimate of drug-likeness (QED) is 0.574. The van der Waals surface area contributed by atoms with Gasteiger partial charge in [0, 0.05) is 22.9 Å². The molecule has 3 rings (SSSR count). The molecule has 0 aromatic heterocycles. The standard InChI is InChI=1S/C22H21ClN2O3/c1-27-19-4-3-5-20(28-2)21(19)22(26)25-18-12-10-17(11-13-18)24-14-15-6-8-16(23)9-7-15/h3-13,24H,14H2,1-2H3,(H,25,26). The summed E-state index contributed by atoms with van der Waals surface area (Å²) >= 11 is 5.90. The number of halogens is 1. The van der Waals surface area contributed by atoms with Crippen LogP contribution in [0, 0.1) is 0 Å². The van der Waals surface area contributed by atoms with Crippen molar-refractivity contribution in [3.8, 4) is 11.5 Å².